The minimum Gasteiger partial charge on any atom is -0.491 e. The molecule has 31 heavy (non-hydrogen) atoms. The smallest absolute Gasteiger partial charge is 0.256 e. The maximum absolute atomic E-state index is 13.3. The summed E-state index contributed by atoms with van der Waals surface area (Å²) in [6.45, 7) is 10.00. The average Bonchev–Trinajstić information content (AvgIpc) is 3.19. The van der Waals surface area contributed by atoms with Crippen LogP contribution in [0.5, 0.6) is 5.75 Å². The summed E-state index contributed by atoms with van der Waals surface area (Å²) in [7, 11) is 0. The SMILES string of the molecule is CCCCCOc1ccccc1NC(=O)C1OC2OC(C)(C)OC2C2OC(C)(C)OC12. The fraction of sp³-hybridized carbons (Fsp3) is 0.696. The van der Waals surface area contributed by atoms with Gasteiger partial charge in [-0.15, -0.1) is 0 Å². The van der Waals surface area contributed by atoms with Gasteiger partial charge in [0.15, 0.2) is 24.0 Å². The Morgan fingerprint density at radius 2 is 1.65 bits per heavy atom. The van der Waals surface area contributed by atoms with E-state index in [0.717, 1.165) is 19.3 Å². The quantitative estimate of drug-likeness (QED) is 0.655. The highest BCUT2D eigenvalue weighted by atomic mass is 16.9. The lowest BCUT2D eigenvalue weighted by atomic mass is 9.98. The van der Waals surface area contributed by atoms with Crippen molar-refractivity contribution in [2.75, 3.05) is 11.9 Å². The van der Waals surface area contributed by atoms with Crippen molar-refractivity contribution >= 4 is 11.6 Å². The van der Waals surface area contributed by atoms with Crippen molar-refractivity contribution in [2.45, 2.75) is 96.2 Å². The van der Waals surface area contributed by atoms with Gasteiger partial charge >= 0.3 is 0 Å². The lowest BCUT2D eigenvalue weighted by Gasteiger charge is -2.36. The second kappa shape index (κ2) is 8.67. The third kappa shape index (κ3) is 4.88. The van der Waals surface area contributed by atoms with E-state index in [-0.39, 0.29) is 5.91 Å². The molecule has 3 aliphatic heterocycles. The van der Waals surface area contributed by atoms with Gasteiger partial charge in [0.25, 0.3) is 5.91 Å². The van der Waals surface area contributed by atoms with Gasteiger partial charge in [-0.05, 0) is 46.2 Å². The van der Waals surface area contributed by atoms with Crippen LogP contribution < -0.4 is 10.1 Å². The molecule has 1 amide bonds. The van der Waals surface area contributed by atoms with Gasteiger partial charge < -0.3 is 33.7 Å². The zero-order valence-electron chi connectivity index (χ0n) is 18.9. The van der Waals surface area contributed by atoms with Crippen molar-refractivity contribution in [3.63, 3.8) is 0 Å². The van der Waals surface area contributed by atoms with E-state index < -0.39 is 42.3 Å². The maximum Gasteiger partial charge on any atom is 0.256 e. The molecule has 1 aromatic rings. The minimum atomic E-state index is -0.918. The van der Waals surface area contributed by atoms with Crippen LogP contribution in [0.15, 0.2) is 24.3 Å². The van der Waals surface area contributed by atoms with Crippen molar-refractivity contribution in [1.29, 1.82) is 0 Å². The van der Waals surface area contributed by atoms with E-state index in [1.807, 2.05) is 52.0 Å². The molecule has 172 valence electrons. The number of carbonyl (C=O) groups is 1. The molecule has 0 spiro atoms. The standard InChI is InChI=1S/C23H33NO7/c1-6-7-10-13-26-15-12-9-8-11-14(15)24-20(25)18-16-17(29-22(2,3)28-16)19-21(27-18)31-23(4,5)30-19/h8-9,11-12,16-19,21H,6-7,10,13H2,1-5H3,(H,24,25). The highest BCUT2D eigenvalue weighted by molar-refractivity contribution is 5.96. The van der Waals surface area contributed by atoms with Gasteiger partial charge in [-0.1, -0.05) is 31.9 Å². The summed E-state index contributed by atoms with van der Waals surface area (Å²) in [6.07, 6.45) is -0.0272. The van der Waals surface area contributed by atoms with Crippen molar-refractivity contribution in [3.8, 4) is 5.75 Å². The molecule has 1 aromatic carbocycles. The van der Waals surface area contributed by atoms with E-state index >= 15 is 0 Å². The van der Waals surface area contributed by atoms with Crippen LogP contribution in [0.3, 0.4) is 0 Å². The molecule has 1 N–H and O–H groups in total. The van der Waals surface area contributed by atoms with Crippen molar-refractivity contribution in [2.24, 2.45) is 0 Å². The molecule has 3 fully saturated rings. The number of benzene rings is 1. The summed E-state index contributed by atoms with van der Waals surface area (Å²) in [5.74, 6) is -1.40. The van der Waals surface area contributed by atoms with Crippen LogP contribution in [-0.2, 0) is 28.5 Å². The van der Waals surface area contributed by atoms with Crippen LogP contribution in [-0.4, -0.2) is 54.8 Å². The van der Waals surface area contributed by atoms with Crippen LogP contribution in [0.4, 0.5) is 5.69 Å². The first-order valence-corrected chi connectivity index (χ1v) is 11.1. The summed E-state index contributed by atoms with van der Waals surface area (Å²) in [5.41, 5.74) is 0.591. The number of hydrogen-bond acceptors (Lipinski definition) is 7. The largest absolute Gasteiger partial charge is 0.491 e. The Balaban J connectivity index is 1.50. The number of ether oxygens (including phenoxy) is 6. The highest BCUT2D eigenvalue weighted by Gasteiger charge is 2.62. The summed E-state index contributed by atoms with van der Waals surface area (Å²) in [5, 5.41) is 2.94. The Kier molecular flexibility index (Phi) is 6.29. The number of nitrogens with one attached hydrogen (secondary N) is 1. The molecule has 0 aliphatic carbocycles. The van der Waals surface area contributed by atoms with Crippen molar-refractivity contribution < 1.29 is 33.2 Å². The second-order valence-corrected chi connectivity index (χ2v) is 9.13. The van der Waals surface area contributed by atoms with E-state index in [9.17, 15) is 4.79 Å². The first-order valence-electron chi connectivity index (χ1n) is 11.1. The monoisotopic (exact) mass is 435 g/mol. The van der Waals surface area contributed by atoms with E-state index in [4.69, 9.17) is 28.4 Å². The van der Waals surface area contributed by atoms with Crippen LogP contribution in [0.25, 0.3) is 0 Å². The van der Waals surface area contributed by atoms with Gasteiger partial charge in [-0.3, -0.25) is 4.79 Å². The predicted octanol–water partition coefficient (Wildman–Crippen LogP) is 3.59. The number of para-hydroxylation sites is 2. The van der Waals surface area contributed by atoms with E-state index in [2.05, 4.69) is 12.2 Å². The zero-order chi connectivity index (χ0) is 22.2. The lowest BCUT2D eigenvalue weighted by molar-refractivity contribution is -0.229. The summed E-state index contributed by atoms with van der Waals surface area (Å²) >= 11 is 0. The first-order chi connectivity index (χ1) is 14.7. The summed E-state index contributed by atoms with van der Waals surface area (Å²) in [4.78, 5) is 13.3. The van der Waals surface area contributed by atoms with Crippen LogP contribution in [0.1, 0.15) is 53.9 Å². The fourth-order valence-corrected chi connectivity index (χ4v) is 4.26. The molecule has 0 aromatic heterocycles. The number of anilines is 1. The summed E-state index contributed by atoms with van der Waals surface area (Å²) in [6, 6.07) is 7.38. The molecular formula is C23H33NO7. The Hall–Kier alpha value is -1.71. The molecule has 3 heterocycles. The molecule has 5 unspecified atom stereocenters. The van der Waals surface area contributed by atoms with Crippen LogP contribution in [0.2, 0.25) is 0 Å². The second-order valence-electron chi connectivity index (χ2n) is 9.13. The fourth-order valence-electron chi connectivity index (χ4n) is 4.26. The number of fused-ring (bicyclic) bond motifs is 3. The summed E-state index contributed by atoms with van der Waals surface area (Å²) < 4.78 is 35.9. The Morgan fingerprint density at radius 1 is 0.968 bits per heavy atom. The van der Waals surface area contributed by atoms with Gasteiger partial charge in [0.2, 0.25) is 0 Å². The topological polar surface area (TPSA) is 84.5 Å². The number of rotatable bonds is 7. The Labute approximate surface area is 183 Å². The normalized spacial score (nSPS) is 32.9. The Bertz CT molecular complexity index is 796. The number of carbonyl (C=O) groups excluding carboxylic acids is 1. The zero-order valence-corrected chi connectivity index (χ0v) is 18.9. The van der Waals surface area contributed by atoms with Crippen LogP contribution >= 0.6 is 0 Å². The molecule has 0 radical (unpaired) electrons. The predicted molar refractivity (Wildman–Crippen MR) is 113 cm³/mol. The van der Waals surface area contributed by atoms with Crippen LogP contribution in [0, 0.1) is 0 Å². The molecular weight excluding hydrogens is 402 g/mol. The molecule has 3 saturated heterocycles. The maximum atomic E-state index is 13.3. The number of amides is 1. The average molecular weight is 436 g/mol. The van der Waals surface area contributed by atoms with E-state index in [0.29, 0.717) is 18.0 Å². The van der Waals surface area contributed by atoms with E-state index in [1.165, 1.54) is 0 Å². The van der Waals surface area contributed by atoms with Gasteiger partial charge in [0, 0.05) is 0 Å². The number of hydrogen-bond donors (Lipinski definition) is 1. The third-order valence-electron chi connectivity index (χ3n) is 5.56. The van der Waals surface area contributed by atoms with E-state index in [1.54, 1.807) is 0 Å². The minimum absolute atomic E-state index is 0.340. The van der Waals surface area contributed by atoms with Gasteiger partial charge in [-0.2, -0.15) is 0 Å². The third-order valence-corrected chi connectivity index (χ3v) is 5.56. The molecule has 3 aliphatic rings. The Morgan fingerprint density at radius 3 is 2.42 bits per heavy atom. The van der Waals surface area contributed by atoms with Crippen molar-refractivity contribution in [3.05, 3.63) is 24.3 Å². The molecule has 4 rings (SSSR count). The van der Waals surface area contributed by atoms with Gasteiger partial charge in [0.05, 0.1) is 12.3 Å². The molecule has 8 heteroatoms. The van der Waals surface area contributed by atoms with Gasteiger partial charge in [0.1, 0.15) is 24.1 Å². The lowest BCUT2D eigenvalue weighted by Crippen LogP contribution is -2.58. The number of unbranched alkanes of at least 4 members (excludes halogenated alkanes) is 2. The molecule has 8 nitrogen and oxygen atoms in total. The molecule has 0 bridgehead atoms. The van der Waals surface area contributed by atoms with Gasteiger partial charge in [-0.25, -0.2) is 0 Å². The molecule has 5 atom stereocenters. The highest BCUT2D eigenvalue weighted by Crippen LogP contribution is 2.44. The van der Waals surface area contributed by atoms with Crippen molar-refractivity contribution in [1.82, 2.24) is 0 Å². The molecule has 0 saturated carbocycles. The first kappa shape index (κ1) is 22.5.